The molecule has 116 valence electrons. The van der Waals surface area contributed by atoms with Crippen LogP contribution in [0, 0.1) is 29.6 Å². The van der Waals surface area contributed by atoms with E-state index in [4.69, 9.17) is 5.11 Å². The first-order chi connectivity index (χ1) is 10.6. The molecule has 0 saturated heterocycles. The summed E-state index contributed by atoms with van der Waals surface area (Å²) in [6.45, 7) is 0.205. The Morgan fingerprint density at radius 1 is 1.09 bits per heavy atom. The standard InChI is InChI=1S/C18H21NO3/c20-14(21)10-19(9-11-4-2-1-3-5-11)18(22)17-15-12-6-7-13(8-12)16(15)17/h1-5,12-13,15-17H,6-10H2,(H,20,21). The van der Waals surface area contributed by atoms with Gasteiger partial charge in [-0.1, -0.05) is 30.3 Å². The van der Waals surface area contributed by atoms with Gasteiger partial charge in [0.25, 0.3) is 0 Å². The minimum atomic E-state index is -0.932. The number of aliphatic carboxylic acids is 1. The summed E-state index contributed by atoms with van der Waals surface area (Å²) in [5.41, 5.74) is 0.992. The Bertz CT molecular complexity index is 584. The molecule has 3 saturated carbocycles. The van der Waals surface area contributed by atoms with Crippen LogP contribution < -0.4 is 0 Å². The Morgan fingerprint density at radius 3 is 2.32 bits per heavy atom. The monoisotopic (exact) mass is 299 g/mol. The maximum Gasteiger partial charge on any atom is 0.323 e. The predicted octanol–water partition coefficient (Wildman–Crippen LogP) is 2.39. The molecule has 1 N–H and O–H groups in total. The van der Waals surface area contributed by atoms with Crippen molar-refractivity contribution in [3.8, 4) is 0 Å². The number of nitrogens with zero attached hydrogens (tertiary/aromatic N) is 1. The molecule has 0 aliphatic heterocycles. The molecule has 0 spiro atoms. The van der Waals surface area contributed by atoms with E-state index in [1.165, 1.54) is 19.3 Å². The number of fused-ring (bicyclic) bond motifs is 5. The van der Waals surface area contributed by atoms with Crippen LogP contribution in [0.2, 0.25) is 0 Å². The van der Waals surface area contributed by atoms with Crippen LogP contribution >= 0.6 is 0 Å². The third-order valence-electron chi connectivity index (χ3n) is 5.87. The van der Waals surface area contributed by atoms with Gasteiger partial charge in [0.1, 0.15) is 6.54 Å². The quantitative estimate of drug-likeness (QED) is 0.908. The summed E-state index contributed by atoms with van der Waals surface area (Å²) in [4.78, 5) is 25.5. The van der Waals surface area contributed by atoms with Crippen LogP contribution in [0.25, 0.3) is 0 Å². The van der Waals surface area contributed by atoms with Crippen molar-refractivity contribution in [3.63, 3.8) is 0 Å². The second-order valence-electron chi connectivity index (χ2n) is 7.09. The molecular formula is C18H21NO3. The third-order valence-corrected chi connectivity index (χ3v) is 5.87. The van der Waals surface area contributed by atoms with Gasteiger partial charge in [0.15, 0.2) is 0 Å². The van der Waals surface area contributed by atoms with Crippen molar-refractivity contribution in [3.05, 3.63) is 35.9 Å². The van der Waals surface area contributed by atoms with Crippen molar-refractivity contribution in [2.24, 2.45) is 29.6 Å². The molecule has 4 nitrogen and oxygen atoms in total. The smallest absolute Gasteiger partial charge is 0.323 e. The largest absolute Gasteiger partial charge is 0.480 e. The lowest BCUT2D eigenvalue weighted by Crippen LogP contribution is -2.37. The van der Waals surface area contributed by atoms with Gasteiger partial charge in [-0.3, -0.25) is 9.59 Å². The molecule has 4 unspecified atom stereocenters. The summed E-state index contributed by atoms with van der Waals surface area (Å²) in [5.74, 6) is 1.81. The maximum absolute atomic E-state index is 12.8. The van der Waals surface area contributed by atoms with Crippen LogP contribution in [0.1, 0.15) is 24.8 Å². The summed E-state index contributed by atoms with van der Waals surface area (Å²) < 4.78 is 0. The Balaban J connectivity index is 1.49. The first-order valence-electron chi connectivity index (χ1n) is 8.19. The molecule has 4 heteroatoms. The minimum Gasteiger partial charge on any atom is -0.480 e. The number of carbonyl (C=O) groups is 2. The molecule has 4 rings (SSSR count). The number of carbonyl (C=O) groups excluding carboxylic acids is 1. The third kappa shape index (κ3) is 2.21. The van der Waals surface area contributed by atoms with E-state index in [0.29, 0.717) is 18.4 Å². The van der Waals surface area contributed by atoms with Gasteiger partial charge < -0.3 is 10.0 Å². The molecule has 1 amide bonds. The lowest BCUT2D eigenvalue weighted by molar-refractivity contribution is -0.146. The van der Waals surface area contributed by atoms with Crippen LogP contribution in [-0.2, 0) is 16.1 Å². The average Bonchev–Trinajstić information content (AvgIpc) is 2.93. The van der Waals surface area contributed by atoms with E-state index in [1.807, 2.05) is 30.3 Å². The van der Waals surface area contributed by atoms with Crippen molar-refractivity contribution >= 4 is 11.9 Å². The Hall–Kier alpha value is -1.84. The van der Waals surface area contributed by atoms with E-state index < -0.39 is 5.97 Å². The first-order valence-corrected chi connectivity index (χ1v) is 8.19. The maximum atomic E-state index is 12.8. The van der Waals surface area contributed by atoms with Gasteiger partial charge in [-0.2, -0.15) is 0 Å². The lowest BCUT2D eigenvalue weighted by Gasteiger charge is -2.22. The number of carboxylic acids is 1. The molecule has 1 aromatic carbocycles. The number of benzene rings is 1. The topological polar surface area (TPSA) is 57.6 Å². The fourth-order valence-electron chi connectivity index (χ4n) is 5.04. The molecule has 4 atom stereocenters. The SMILES string of the molecule is O=C(O)CN(Cc1ccccc1)C(=O)C1C2C3CCC(C3)C12. The first kappa shape index (κ1) is 13.8. The summed E-state index contributed by atoms with van der Waals surface area (Å²) in [7, 11) is 0. The fourth-order valence-corrected chi connectivity index (χ4v) is 5.04. The number of amides is 1. The molecule has 2 bridgehead atoms. The van der Waals surface area contributed by atoms with Crippen molar-refractivity contribution < 1.29 is 14.7 Å². The number of hydrogen-bond acceptors (Lipinski definition) is 2. The molecule has 1 aromatic rings. The van der Waals surface area contributed by atoms with Crippen LogP contribution in [0.3, 0.4) is 0 Å². The van der Waals surface area contributed by atoms with Crippen LogP contribution in [0.15, 0.2) is 30.3 Å². The Labute approximate surface area is 130 Å². The van der Waals surface area contributed by atoms with Crippen LogP contribution in [-0.4, -0.2) is 28.4 Å². The molecule has 0 aromatic heterocycles. The van der Waals surface area contributed by atoms with Gasteiger partial charge in [0.05, 0.1) is 0 Å². The second kappa shape index (κ2) is 5.11. The summed E-state index contributed by atoms with van der Waals surface area (Å²) in [6.07, 6.45) is 3.84. The van der Waals surface area contributed by atoms with E-state index in [1.54, 1.807) is 4.90 Å². The van der Waals surface area contributed by atoms with Crippen LogP contribution in [0.5, 0.6) is 0 Å². The van der Waals surface area contributed by atoms with E-state index >= 15 is 0 Å². The highest BCUT2D eigenvalue weighted by Gasteiger charge is 2.68. The fraction of sp³-hybridized carbons (Fsp3) is 0.556. The predicted molar refractivity (Wildman–Crippen MR) is 80.8 cm³/mol. The highest BCUT2D eigenvalue weighted by Crippen LogP contribution is 2.69. The van der Waals surface area contributed by atoms with Crippen molar-refractivity contribution in [1.29, 1.82) is 0 Å². The number of hydrogen-bond donors (Lipinski definition) is 1. The molecule has 22 heavy (non-hydrogen) atoms. The molecule has 3 aliphatic carbocycles. The lowest BCUT2D eigenvalue weighted by atomic mass is 10.0. The molecule has 3 aliphatic rings. The normalized spacial score (nSPS) is 34.3. The Kier molecular flexibility index (Phi) is 3.21. The second-order valence-corrected chi connectivity index (χ2v) is 7.09. The molecule has 0 heterocycles. The number of carboxylic acid groups (broad SMARTS) is 1. The molecule has 3 fully saturated rings. The average molecular weight is 299 g/mol. The van der Waals surface area contributed by atoms with Gasteiger partial charge in [-0.25, -0.2) is 0 Å². The van der Waals surface area contributed by atoms with Gasteiger partial charge in [0, 0.05) is 12.5 Å². The number of rotatable bonds is 5. The zero-order valence-electron chi connectivity index (χ0n) is 12.5. The minimum absolute atomic E-state index is 0.0675. The van der Waals surface area contributed by atoms with Gasteiger partial charge >= 0.3 is 5.97 Å². The van der Waals surface area contributed by atoms with Crippen molar-refractivity contribution in [2.45, 2.75) is 25.8 Å². The molecule has 0 radical (unpaired) electrons. The van der Waals surface area contributed by atoms with Gasteiger partial charge in [-0.05, 0) is 48.5 Å². The van der Waals surface area contributed by atoms with E-state index in [2.05, 4.69) is 0 Å². The zero-order valence-corrected chi connectivity index (χ0v) is 12.5. The summed E-state index contributed by atoms with van der Waals surface area (Å²) >= 11 is 0. The highest BCUT2D eigenvalue weighted by atomic mass is 16.4. The zero-order chi connectivity index (χ0) is 15.3. The van der Waals surface area contributed by atoms with E-state index in [-0.39, 0.29) is 18.4 Å². The van der Waals surface area contributed by atoms with Crippen LogP contribution in [0.4, 0.5) is 0 Å². The Morgan fingerprint density at radius 2 is 1.73 bits per heavy atom. The summed E-state index contributed by atoms with van der Waals surface area (Å²) in [6, 6.07) is 9.66. The van der Waals surface area contributed by atoms with Gasteiger partial charge in [0.2, 0.25) is 5.91 Å². The highest BCUT2D eigenvalue weighted by molar-refractivity contribution is 5.86. The van der Waals surface area contributed by atoms with E-state index in [0.717, 1.165) is 17.4 Å². The van der Waals surface area contributed by atoms with Crippen molar-refractivity contribution in [1.82, 2.24) is 4.90 Å². The molecular weight excluding hydrogens is 278 g/mol. The van der Waals surface area contributed by atoms with Gasteiger partial charge in [-0.15, -0.1) is 0 Å². The summed E-state index contributed by atoms with van der Waals surface area (Å²) in [5, 5.41) is 9.14. The van der Waals surface area contributed by atoms with E-state index in [9.17, 15) is 9.59 Å². The van der Waals surface area contributed by atoms with Crippen molar-refractivity contribution in [2.75, 3.05) is 6.54 Å².